The van der Waals surface area contributed by atoms with Crippen LogP contribution in [0, 0.1) is 56.7 Å². The van der Waals surface area contributed by atoms with Crippen LogP contribution >= 0.6 is 11.6 Å². The van der Waals surface area contributed by atoms with Crippen LogP contribution in [0.1, 0.15) is 11.5 Å². The van der Waals surface area contributed by atoms with Crippen molar-refractivity contribution in [1.29, 1.82) is 21.2 Å². The van der Waals surface area contributed by atoms with Crippen LogP contribution in [-0.4, -0.2) is 25.8 Å². The Bertz CT molecular complexity index is 868. The molecule has 4 atom stereocenters. The molecular weight excluding hydrogens is 334 g/mol. The number of nitrogens with one attached hydrogen (secondary N) is 2. The van der Waals surface area contributed by atoms with E-state index >= 15 is 0 Å². The van der Waals surface area contributed by atoms with E-state index in [4.69, 9.17) is 17.0 Å². The van der Waals surface area contributed by atoms with Gasteiger partial charge in [0, 0.05) is 16.9 Å². The first-order chi connectivity index (χ1) is 12.0. The molecule has 124 valence electrons. The van der Waals surface area contributed by atoms with Gasteiger partial charge in [-0.05, 0) is 29.3 Å². The maximum Gasteiger partial charge on any atom is 0.189 e. The second kappa shape index (κ2) is 6.34. The number of quaternary nitrogens is 1. The second-order valence-corrected chi connectivity index (χ2v) is 7.15. The summed E-state index contributed by atoms with van der Waals surface area (Å²) in [6.07, 6.45) is 2.00. The molecule has 0 spiro atoms. The van der Waals surface area contributed by atoms with E-state index in [1.54, 1.807) is 18.2 Å². The van der Waals surface area contributed by atoms with Crippen molar-refractivity contribution in [2.75, 3.05) is 20.1 Å². The molecule has 1 fully saturated rings. The van der Waals surface area contributed by atoms with E-state index in [0.29, 0.717) is 11.6 Å². The molecule has 2 unspecified atom stereocenters. The third-order valence-corrected chi connectivity index (χ3v) is 5.52. The quantitative estimate of drug-likeness (QED) is 0.754. The molecule has 0 aromatic heterocycles. The predicted molar refractivity (Wildman–Crippen MR) is 92.9 cm³/mol. The van der Waals surface area contributed by atoms with Crippen molar-refractivity contribution in [1.82, 2.24) is 0 Å². The van der Waals surface area contributed by atoms with Crippen molar-refractivity contribution in [2.24, 2.45) is 17.3 Å². The third-order valence-electron chi connectivity index (χ3n) is 5.29. The topological polar surface area (TPSA) is 99.7 Å². The summed E-state index contributed by atoms with van der Waals surface area (Å²) in [5, 5.41) is 38.4. The van der Waals surface area contributed by atoms with Gasteiger partial charge in [0.1, 0.15) is 5.92 Å². The van der Waals surface area contributed by atoms with E-state index in [-0.39, 0.29) is 11.6 Å². The minimum Gasteiger partial charge on any atom is -0.334 e. The van der Waals surface area contributed by atoms with Crippen LogP contribution < -0.4 is 4.90 Å². The molecule has 25 heavy (non-hydrogen) atoms. The van der Waals surface area contributed by atoms with E-state index in [9.17, 15) is 15.8 Å². The average molecular weight is 351 g/mol. The summed E-state index contributed by atoms with van der Waals surface area (Å²) in [6, 6.07) is 13.4. The van der Waals surface area contributed by atoms with Crippen LogP contribution in [0.3, 0.4) is 0 Å². The highest BCUT2D eigenvalue weighted by Gasteiger charge is 2.58. The second-order valence-electron chi connectivity index (χ2n) is 6.72. The first-order valence-electron chi connectivity index (χ1n) is 8.06. The summed E-state index contributed by atoms with van der Waals surface area (Å²) in [4.78, 5) is 1.25. The molecule has 2 N–H and O–H groups in total. The summed E-state index contributed by atoms with van der Waals surface area (Å²) >= 11 is 6.15. The fourth-order valence-corrected chi connectivity index (χ4v) is 4.33. The van der Waals surface area contributed by atoms with Crippen molar-refractivity contribution in [3.63, 3.8) is 0 Å². The Kier molecular flexibility index (Phi) is 4.36. The van der Waals surface area contributed by atoms with Gasteiger partial charge in [0.15, 0.2) is 5.41 Å². The Hall–Kier alpha value is -2.65. The lowest BCUT2D eigenvalue weighted by molar-refractivity contribution is -0.878. The molecule has 0 bridgehead atoms. The van der Waals surface area contributed by atoms with Crippen molar-refractivity contribution in [3.05, 3.63) is 46.5 Å². The van der Waals surface area contributed by atoms with E-state index in [0.717, 1.165) is 17.7 Å². The van der Waals surface area contributed by atoms with Crippen LogP contribution in [0.4, 0.5) is 0 Å². The minimum atomic E-state index is -1.66. The number of halogens is 1. The molecule has 0 saturated heterocycles. The molecule has 1 saturated carbocycles. The largest absolute Gasteiger partial charge is 0.334 e. The van der Waals surface area contributed by atoms with Gasteiger partial charge in [-0.1, -0.05) is 23.7 Å². The first-order valence-corrected chi connectivity index (χ1v) is 8.44. The van der Waals surface area contributed by atoms with E-state index in [2.05, 4.69) is 18.2 Å². The minimum absolute atomic E-state index is 0.118. The Morgan fingerprint density at radius 3 is 2.60 bits per heavy atom. The zero-order valence-electron chi connectivity index (χ0n) is 13.8. The zero-order chi connectivity index (χ0) is 18.2. The molecule has 1 aliphatic heterocycles. The summed E-state index contributed by atoms with van der Waals surface area (Å²) < 4.78 is 0. The fourth-order valence-electron chi connectivity index (χ4n) is 4.13. The van der Waals surface area contributed by atoms with E-state index in [1.807, 2.05) is 19.2 Å². The zero-order valence-corrected chi connectivity index (χ0v) is 14.5. The molecule has 0 radical (unpaired) electrons. The number of hydrogen-bond acceptors (Lipinski definition) is 4. The van der Waals surface area contributed by atoms with Crippen LogP contribution in [0.2, 0.25) is 5.02 Å². The van der Waals surface area contributed by atoms with Crippen LogP contribution in [0.25, 0.3) is 0 Å². The average Bonchev–Trinajstić information content (AvgIpc) is 2.61. The lowest BCUT2D eigenvalue weighted by Crippen LogP contribution is -3.10. The maximum absolute atomic E-state index is 9.90. The van der Waals surface area contributed by atoms with Gasteiger partial charge in [-0.25, -0.2) is 0 Å². The Balaban J connectivity index is 2.28. The summed E-state index contributed by atoms with van der Waals surface area (Å²) in [5.74, 6) is -1.47. The number of likely N-dealkylation sites (N-methyl/N-ethyl adjacent to an activating group) is 1. The number of rotatable bonds is 1. The fraction of sp³-hybridized carbons (Fsp3) is 0.368. The van der Waals surface area contributed by atoms with Gasteiger partial charge in [-0.15, -0.1) is 0 Å². The smallest absolute Gasteiger partial charge is 0.189 e. The highest BCUT2D eigenvalue weighted by molar-refractivity contribution is 6.30. The Morgan fingerprint density at radius 2 is 2.00 bits per heavy atom. The molecule has 0 amide bonds. The van der Waals surface area contributed by atoms with E-state index in [1.165, 1.54) is 4.90 Å². The molecule has 1 aliphatic carbocycles. The number of nitriles is 3. The number of benzene rings is 1. The van der Waals surface area contributed by atoms with Crippen LogP contribution in [0.15, 0.2) is 35.9 Å². The summed E-state index contributed by atoms with van der Waals surface area (Å²) in [7, 11) is 2.05. The van der Waals surface area contributed by atoms with Crippen molar-refractivity contribution >= 4 is 17.3 Å². The van der Waals surface area contributed by atoms with Crippen molar-refractivity contribution in [3.8, 4) is 18.2 Å². The van der Waals surface area contributed by atoms with Crippen LogP contribution in [-0.2, 0) is 0 Å². The molecular formula is C19H17ClN5+. The molecule has 1 heterocycles. The third kappa shape index (κ3) is 2.52. The Labute approximate surface area is 151 Å². The number of nitrogens with zero attached hydrogens (tertiary/aromatic N) is 3. The maximum atomic E-state index is 9.90. The van der Waals surface area contributed by atoms with Crippen molar-refractivity contribution in [2.45, 2.75) is 5.92 Å². The normalized spacial score (nSPS) is 30.2. The van der Waals surface area contributed by atoms with Gasteiger partial charge in [0.2, 0.25) is 0 Å². The number of fused-ring (bicyclic) bond motifs is 1. The van der Waals surface area contributed by atoms with Gasteiger partial charge in [0.25, 0.3) is 0 Å². The first kappa shape index (κ1) is 17.2. The lowest BCUT2D eigenvalue weighted by Gasteiger charge is -2.46. The van der Waals surface area contributed by atoms with Gasteiger partial charge in [0.05, 0.1) is 44.1 Å². The highest BCUT2D eigenvalue weighted by atomic mass is 35.5. The van der Waals surface area contributed by atoms with Gasteiger partial charge in [-0.3, -0.25) is 0 Å². The Morgan fingerprint density at radius 1 is 1.28 bits per heavy atom. The summed E-state index contributed by atoms with van der Waals surface area (Å²) in [5.41, 5.74) is -0.149. The standard InChI is InChI=1S/C19H16ClN5/c1-25-6-5-14-15(8-21)18(24)19(10-22,11-23)17(16(14)9-25)12-3-2-4-13(20)7-12/h2-5,7,15-17,24H,6,9H2,1H3/p+1/t15?,16-,17+/m0/s1. The van der Waals surface area contributed by atoms with Crippen LogP contribution in [0.5, 0.6) is 0 Å². The molecule has 6 heteroatoms. The number of hydrogen-bond donors (Lipinski definition) is 2. The molecule has 2 aliphatic rings. The SMILES string of the molecule is C[NH+]1CC=C2C(C#N)C(=N)C(C#N)(C#N)[C@H](c3cccc(Cl)c3)[C@H]2C1. The predicted octanol–water partition coefficient (Wildman–Crippen LogP) is 1.70. The monoisotopic (exact) mass is 350 g/mol. The van der Waals surface area contributed by atoms with E-state index < -0.39 is 17.3 Å². The van der Waals surface area contributed by atoms with Gasteiger partial charge in [-0.2, -0.15) is 15.8 Å². The molecule has 5 nitrogen and oxygen atoms in total. The van der Waals surface area contributed by atoms with Gasteiger partial charge >= 0.3 is 0 Å². The molecule has 1 aromatic rings. The van der Waals surface area contributed by atoms with Gasteiger partial charge < -0.3 is 10.3 Å². The highest BCUT2D eigenvalue weighted by Crippen LogP contribution is 2.52. The molecule has 1 aromatic carbocycles. The van der Waals surface area contributed by atoms with Crippen molar-refractivity contribution < 1.29 is 4.90 Å². The summed E-state index contributed by atoms with van der Waals surface area (Å²) in [6.45, 7) is 1.48. The lowest BCUT2D eigenvalue weighted by atomic mass is 9.54. The molecule has 3 rings (SSSR count).